The Bertz CT molecular complexity index is 535. The minimum Gasteiger partial charge on any atom is -0.459 e. The number of furan rings is 1. The lowest BCUT2D eigenvalue weighted by Gasteiger charge is -2.17. The van der Waals surface area contributed by atoms with Gasteiger partial charge in [0.1, 0.15) is 0 Å². The van der Waals surface area contributed by atoms with E-state index in [-0.39, 0.29) is 30.7 Å². The first-order chi connectivity index (χ1) is 11.1. The van der Waals surface area contributed by atoms with Crippen molar-refractivity contribution in [3.8, 4) is 0 Å². The van der Waals surface area contributed by atoms with Gasteiger partial charge in [-0.05, 0) is 31.9 Å². The van der Waals surface area contributed by atoms with Crippen molar-refractivity contribution < 1.29 is 23.5 Å². The lowest BCUT2D eigenvalue weighted by atomic mass is 10.2. The Hall–Kier alpha value is -2.31. The summed E-state index contributed by atoms with van der Waals surface area (Å²) >= 11 is 0. The second-order valence-electron chi connectivity index (χ2n) is 5.61. The number of carbonyl (C=O) groups is 3. The molecule has 2 N–H and O–H groups in total. The van der Waals surface area contributed by atoms with Crippen LogP contribution in [0.25, 0.3) is 0 Å². The number of nitrogens with one attached hydrogen (secondary N) is 2. The van der Waals surface area contributed by atoms with Gasteiger partial charge in [-0.15, -0.1) is 0 Å². The van der Waals surface area contributed by atoms with E-state index in [2.05, 4.69) is 10.6 Å². The topological polar surface area (TPSA) is 97.6 Å². The van der Waals surface area contributed by atoms with Crippen molar-refractivity contribution in [1.82, 2.24) is 10.6 Å². The number of ether oxygens (including phenoxy) is 1. The third-order valence-electron chi connectivity index (χ3n) is 3.74. The summed E-state index contributed by atoms with van der Waals surface area (Å²) in [5.41, 5.74) is 0. The van der Waals surface area contributed by atoms with Gasteiger partial charge in [-0.1, -0.05) is 12.8 Å². The van der Waals surface area contributed by atoms with E-state index < -0.39 is 18.0 Å². The lowest BCUT2D eigenvalue weighted by molar-refractivity contribution is -0.154. The van der Waals surface area contributed by atoms with E-state index in [0.717, 1.165) is 25.7 Å². The summed E-state index contributed by atoms with van der Waals surface area (Å²) < 4.78 is 10.0. The monoisotopic (exact) mass is 322 g/mol. The maximum absolute atomic E-state index is 11.9. The van der Waals surface area contributed by atoms with Gasteiger partial charge in [-0.2, -0.15) is 0 Å². The Kier molecular flexibility index (Phi) is 6.19. The van der Waals surface area contributed by atoms with Gasteiger partial charge in [-0.3, -0.25) is 14.4 Å². The van der Waals surface area contributed by atoms with Crippen LogP contribution in [0.15, 0.2) is 22.8 Å². The average Bonchev–Trinajstić information content (AvgIpc) is 3.20. The van der Waals surface area contributed by atoms with Crippen molar-refractivity contribution in [3.63, 3.8) is 0 Å². The molecule has 0 spiro atoms. The fraction of sp³-hybridized carbons (Fsp3) is 0.562. The SMILES string of the molecule is C[C@@H](OC(=O)CCNC(=O)c1ccco1)C(=O)NC1CCCC1. The summed E-state index contributed by atoms with van der Waals surface area (Å²) in [7, 11) is 0. The van der Waals surface area contributed by atoms with Crippen LogP contribution in [0, 0.1) is 0 Å². The molecule has 126 valence electrons. The zero-order valence-corrected chi connectivity index (χ0v) is 13.2. The second kappa shape index (κ2) is 8.36. The molecule has 1 heterocycles. The van der Waals surface area contributed by atoms with Gasteiger partial charge in [0, 0.05) is 12.6 Å². The zero-order chi connectivity index (χ0) is 16.7. The number of hydrogen-bond donors (Lipinski definition) is 2. The van der Waals surface area contributed by atoms with E-state index in [0.29, 0.717) is 0 Å². The molecule has 1 aromatic heterocycles. The molecule has 7 heteroatoms. The Labute approximate surface area is 134 Å². The number of esters is 1. The predicted octanol–water partition coefficient (Wildman–Crippen LogP) is 1.39. The van der Waals surface area contributed by atoms with Gasteiger partial charge in [0.05, 0.1) is 12.7 Å². The van der Waals surface area contributed by atoms with Gasteiger partial charge in [0.2, 0.25) is 0 Å². The average molecular weight is 322 g/mol. The van der Waals surface area contributed by atoms with E-state index in [4.69, 9.17) is 9.15 Å². The van der Waals surface area contributed by atoms with Gasteiger partial charge in [-0.25, -0.2) is 0 Å². The summed E-state index contributed by atoms with van der Waals surface area (Å²) in [6, 6.07) is 3.33. The van der Waals surface area contributed by atoms with E-state index >= 15 is 0 Å². The molecule has 7 nitrogen and oxygen atoms in total. The molecule has 1 aliphatic rings. The standard InChI is InChI=1S/C16H22N2O5/c1-11(15(20)18-12-5-2-3-6-12)23-14(19)8-9-17-16(21)13-7-4-10-22-13/h4,7,10-12H,2-3,5-6,8-9H2,1H3,(H,17,21)(H,18,20)/t11-/m1/s1. The summed E-state index contributed by atoms with van der Waals surface area (Å²) in [6.45, 7) is 1.67. The molecule has 0 radical (unpaired) electrons. The summed E-state index contributed by atoms with van der Waals surface area (Å²) in [5, 5.41) is 5.42. The maximum atomic E-state index is 11.9. The quantitative estimate of drug-likeness (QED) is 0.739. The first-order valence-electron chi connectivity index (χ1n) is 7.88. The van der Waals surface area contributed by atoms with Crippen molar-refractivity contribution in [2.75, 3.05) is 6.54 Å². The zero-order valence-electron chi connectivity index (χ0n) is 13.2. The van der Waals surface area contributed by atoms with Crippen LogP contribution in [-0.2, 0) is 14.3 Å². The highest BCUT2D eigenvalue weighted by molar-refractivity contribution is 5.91. The molecule has 1 aromatic rings. The first-order valence-corrected chi connectivity index (χ1v) is 7.88. The molecule has 0 saturated heterocycles. The fourth-order valence-corrected chi connectivity index (χ4v) is 2.47. The van der Waals surface area contributed by atoms with Gasteiger partial charge < -0.3 is 19.8 Å². The highest BCUT2D eigenvalue weighted by Crippen LogP contribution is 2.17. The van der Waals surface area contributed by atoms with Crippen LogP contribution >= 0.6 is 0 Å². The molecule has 1 saturated carbocycles. The van der Waals surface area contributed by atoms with E-state index in [9.17, 15) is 14.4 Å². The molecular weight excluding hydrogens is 300 g/mol. The Morgan fingerprint density at radius 2 is 2.09 bits per heavy atom. The summed E-state index contributed by atoms with van der Waals surface area (Å²) in [6.07, 6.45) is 4.75. The largest absolute Gasteiger partial charge is 0.459 e. The number of rotatable bonds is 7. The fourth-order valence-electron chi connectivity index (χ4n) is 2.47. The molecule has 0 bridgehead atoms. The second-order valence-corrected chi connectivity index (χ2v) is 5.61. The van der Waals surface area contributed by atoms with Crippen molar-refractivity contribution in [1.29, 1.82) is 0 Å². The molecule has 1 aliphatic carbocycles. The predicted molar refractivity (Wildman–Crippen MR) is 81.6 cm³/mol. The third-order valence-corrected chi connectivity index (χ3v) is 3.74. The van der Waals surface area contributed by atoms with E-state index in [1.807, 2.05) is 0 Å². The number of hydrogen-bond acceptors (Lipinski definition) is 5. The van der Waals surface area contributed by atoms with Gasteiger partial charge in [0.25, 0.3) is 11.8 Å². The van der Waals surface area contributed by atoms with E-state index in [1.54, 1.807) is 13.0 Å². The highest BCUT2D eigenvalue weighted by Gasteiger charge is 2.23. The van der Waals surface area contributed by atoms with Crippen LogP contribution in [-0.4, -0.2) is 36.5 Å². The molecule has 0 unspecified atom stereocenters. The van der Waals surface area contributed by atoms with Crippen LogP contribution in [0.4, 0.5) is 0 Å². The molecule has 1 atom stereocenters. The summed E-state index contributed by atoms with van der Waals surface area (Å²) in [5.74, 6) is -1.01. The number of carbonyl (C=O) groups excluding carboxylic acids is 3. The highest BCUT2D eigenvalue weighted by atomic mass is 16.5. The first kappa shape index (κ1) is 17.1. The van der Waals surface area contributed by atoms with Crippen LogP contribution in [0.1, 0.15) is 49.6 Å². The summed E-state index contributed by atoms with van der Waals surface area (Å²) in [4.78, 5) is 35.2. The van der Waals surface area contributed by atoms with Gasteiger partial charge in [0.15, 0.2) is 11.9 Å². The lowest BCUT2D eigenvalue weighted by Crippen LogP contribution is -2.41. The Balaban J connectivity index is 1.63. The molecule has 23 heavy (non-hydrogen) atoms. The molecule has 2 rings (SSSR count). The Morgan fingerprint density at radius 1 is 1.35 bits per heavy atom. The minimum atomic E-state index is -0.830. The van der Waals surface area contributed by atoms with Crippen molar-refractivity contribution in [2.24, 2.45) is 0 Å². The molecule has 2 amide bonds. The smallest absolute Gasteiger partial charge is 0.308 e. The number of amides is 2. The Morgan fingerprint density at radius 3 is 2.74 bits per heavy atom. The molecule has 0 aliphatic heterocycles. The van der Waals surface area contributed by atoms with Crippen LogP contribution in [0.5, 0.6) is 0 Å². The van der Waals surface area contributed by atoms with Crippen LogP contribution in [0.3, 0.4) is 0 Å². The maximum Gasteiger partial charge on any atom is 0.308 e. The van der Waals surface area contributed by atoms with Crippen molar-refractivity contribution in [2.45, 2.75) is 51.2 Å². The minimum absolute atomic E-state index is 0.00645. The van der Waals surface area contributed by atoms with E-state index in [1.165, 1.54) is 12.3 Å². The molecular formula is C16H22N2O5. The van der Waals surface area contributed by atoms with Crippen molar-refractivity contribution in [3.05, 3.63) is 24.2 Å². The molecule has 0 aromatic carbocycles. The van der Waals surface area contributed by atoms with Crippen LogP contribution < -0.4 is 10.6 Å². The normalized spacial score (nSPS) is 15.9. The van der Waals surface area contributed by atoms with Crippen LogP contribution in [0.2, 0.25) is 0 Å². The molecule has 1 fully saturated rings. The van der Waals surface area contributed by atoms with Gasteiger partial charge >= 0.3 is 5.97 Å². The van der Waals surface area contributed by atoms with Crippen molar-refractivity contribution >= 4 is 17.8 Å². The third kappa shape index (κ3) is 5.43.